The second-order valence-electron chi connectivity index (χ2n) is 11.8. The Morgan fingerprint density at radius 1 is 0.932 bits per heavy atom. The molecule has 0 saturated carbocycles. The number of benzene rings is 2. The maximum Gasteiger partial charge on any atom is 0.337 e. The average molecular weight is 608 g/mol. The number of rotatable bonds is 14. The van der Waals surface area contributed by atoms with E-state index in [1.54, 1.807) is 6.07 Å². The SMILES string of the molecule is CCCC(CCC)C1(C(c2ccc(-c3csc(COc4ccc(C(=O)O)cn4)n3)cc2)c2ccc(C(C)C)cc2)C=CC=N1. The highest BCUT2D eigenvalue weighted by atomic mass is 32.1. The van der Waals surface area contributed by atoms with E-state index in [1.807, 2.05) is 11.6 Å². The zero-order valence-corrected chi connectivity index (χ0v) is 26.8. The van der Waals surface area contributed by atoms with Gasteiger partial charge >= 0.3 is 5.97 Å². The van der Waals surface area contributed by atoms with Crippen LogP contribution in [0.25, 0.3) is 11.3 Å². The van der Waals surface area contributed by atoms with Crippen molar-refractivity contribution in [3.63, 3.8) is 0 Å². The topological polar surface area (TPSA) is 84.7 Å². The second kappa shape index (κ2) is 14.1. The predicted octanol–water partition coefficient (Wildman–Crippen LogP) is 9.33. The van der Waals surface area contributed by atoms with Crippen LogP contribution in [0.2, 0.25) is 0 Å². The van der Waals surface area contributed by atoms with Gasteiger partial charge < -0.3 is 9.84 Å². The summed E-state index contributed by atoms with van der Waals surface area (Å²) < 4.78 is 5.75. The van der Waals surface area contributed by atoms with Crippen LogP contribution in [0, 0.1) is 5.92 Å². The summed E-state index contributed by atoms with van der Waals surface area (Å²) >= 11 is 1.53. The molecule has 3 heterocycles. The Labute approximate surface area is 264 Å². The second-order valence-corrected chi connectivity index (χ2v) is 12.7. The molecule has 0 fully saturated rings. The third-order valence-corrected chi connectivity index (χ3v) is 9.32. The minimum atomic E-state index is -1.01. The Kier molecular flexibility index (Phi) is 10.1. The predicted molar refractivity (Wildman–Crippen MR) is 179 cm³/mol. The summed E-state index contributed by atoms with van der Waals surface area (Å²) in [5, 5.41) is 11.9. The van der Waals surface area contributed by atoms with Gasteiger partial charge in [-0.25, -0.2) is 14.8 Å². The van der Waals surface area contributed by atoms with Gasteiger partial charge in [0.25, 0.3) is 0 Å². The molecule has 0 bridgehead atoms. The lowest BCUT2D eigenvalue weighted by Gasteiger charge is -2.41. The number of allylic oxidation sites excluding steroid dienone is 1. The Morgan fingerprint density at radius 3 is 2.14 bits per heavy atom. The highest BCUT2D eigenvalue weighted by molar-refractivity contribution is 7.09. The molecule has 2 aromatic carbocycles. The fourth-order valence-electron chi connectivity index (χ4n) is 6.25. The maximum absolute atomic E-state index is 11.1. The van der Waals surface area contributed by atoms with Crippen molar-refractivity contribution in [1.29, 1.82) is 0 Å². The lowest BCUT2D eigenvalue weighted by Crippen LogP contribution is -2.40. The van der Waals surface area contributed by atoms with Crippen LogP contribution in [0.15, 0.2) is 89.4 Å². The van der Waals surface area contributed by atoms with Crippen LogP contribution in [0.5, 0.6) is 5.88 Å². The average Bonchev–Trinajstić information content (AvgIpc) is 3.72. The van der Waals surface area contributed by atoms with Gasteiger partial charge in [0.1, 0.15) is 11.6 Å². The molecular weight excluding hydrogens is 566 g/mol. The molecule has 0 amide bonds. The number of pyridine rings is 1. The summed E-state index contributed by atoms with van der Waals surface area (Å²) in [7, 11) is 0. The van der Waals surface area contributed by atoms with E-state index in [9.17, 15) is 4.79 Å². The standard InChI is InChI=1S/C37H41N3O3S/c1-5-8-31(9-6-2)37(20-7-21-39-37)35(28-14-10-26(11-15-28)25(3)4)29-16-12-27(13-17-29)32-24-44-34(40-32)23-43-33-19-18-30(22-38-33)36(41)42/h7,10-22,24-25,31,35H,5-6,8-9,23H2,1-4H3,(H,41,42). The van der Waals surface area contributed by atoms with E-state index in [1.165, 1.54) is 40.3 Å². The van der Waals surface area contributed by atoms with Crippen molar-refractivity contribution in [3.05, 3.63) is 112 Å². The molecule has 7 heteroatoms. The van der Waals surface area contributed by atoms with Crippen molar-refractivity contribution in [2.45, 2.75) is 77.4 Å². The molecule has 0 aliphatic carbocycles. The number of hydrogen-bond acceptors (Lipinski definition) is 6. The molecule has 0 spiro atoms. The number of carboxylic acids is 1. The first-order valence-electron chi connectivity index (χ1n) is 15.5. The number of carbonyl (C=O) groups is 1. The number of carboxylic acid groups (broad SMARTS) is 1. The normalized spacial score (nSPS) is 16.6. The van der Waals surface area contributed by atoms with Crippen LogP contribution >= 0.6 is 11.3 Å². The molecule has 0 saturated heterocycles. The van der Waals surface area contributed by atoms with E-state index in [0.29, 0.717) is 17.7 Å². The van der Waals surface area contributed by atoms with Crippen molar-refractivity contribution in [2.24, 2.45) is 10.9 Å². The van der Waals surface area contributed by atoms with Gasteiger partial charge in [0.2, 0.25) is 5.88 Å². The number of hydrogen-bond donors (Lipinski definition) is 1. The zero-order chi connectivity index (χ0) is 31.1. The van der Waals surface area contributed by atoms with Crippen LogP contribution in [-0.4, -0.2) is 32.8 Å². The zero-order valence-electron chi connectivity index (χ0n) is 25.9. The molecule has 6 nitrogen and oxygen atoms in total. The summed E-state index contributed by atoms with van der Waals surface area (Å²) in [6.07, 6.45) is 12.3. The number of aliphatic imine (C=N–C) groups is 1. The Hall–Kier alpha value is -4.10. The first-order chi connectivity index (χ1) is 21.3. The van der Waals surface area contributed by atoms with Crippen molar-refractivity contribution in [3.8, 4) is 17.1 Å². The molecular formula is C37H41N3O3S. The van der Waals surface area contributed by atoms with Gasteiger partial charge in [-0.05, 0) is 53.5 Å². The Morgan fingerprint density at radius 2 is 1.59 bits per heavy atom. The first-order valence-corrected chi connectivity index (χ1v) is 16.4. The molecule has 1 aliphatic heterocycles. The van der Waals surface area contributed by atoms with Crippen LogP contribution in [0.3, 0.4) is 0 Å². The van der Waals surface area contributed by atoms with Crippen molar-refractivity contribution in [2.75, 3.05) is 0 Å². The van der Waals surface area contributed by atoms with E-state index < -0.39 is 5.97 Å². The summed E-state index contributed by atoms with van der Waals surface area (Å²) in [4.78, 5) is 25.2. The van der Waals surface area contributed by atoms with Gasteiger partial charge in [-0.15, -0.1) is 11.3 Å². The van der Waals surface area contributed by atoms with Crippen molar-refractivity contribution >= 4 is 23.5 Å². The van der Waals surface area contributed by atoms with Crippen LogP contribution in [-0.2, 0) is 6.61 Å². The lowest BCUT2D eigenvalue weighted by atomic mass is 9.66. The van der Waals surface area contributed by atoms with E-state index in [-0.39, 0.29) is 23.6 Å². The quantitative estimate of drug-likeness (QED) is 0.154. The third kappa shape index (κ3) is 6.83. The van der Waals surface area contributed by atoms with Crippen LogP contribution in [0.4, 0.5) is 0 Å². The van der Waals surface area contributed by atoms with Gasteiger partial charge in [0, 0.05) is 35.3 Å². The van der Waals surface area contributed by atoms with E-state index in [0.717, 1.165) is 41.9 Å². The lowest BCUT2D eigenvalue weighted by molar-refractivity contribution is 0.0696. The van der Waals surface area contributed by atoms with Crippen LogP contribution < -0.4 is 4.74 Å². The van der Waals surface area contributed by atoms with Gasteiger partial charge in [0.15, 0.2) is 0 Å². The van der Waals surface area contributed by atoms with E-state index in [4.69, 9.17) is 19.8 Å². The molecule has 44 heavy (non-hydrogen) atoms. The molecule has 5 rings (SSSR count). The monoisotopic (exact) mass is 607 g/mol. The third-order valence-electron chi connectivity index (χ3n) is 8.49. The summed E-state index contributed by atoms with van der Waals surface area (Å²) in [6, 6.07) is 21.0. The molecule has 2 unspecified atom stereocenters. The van der Waals surface area contributed by atoms with Gasteiger partial charge in [-0.3, -0.25) is 4.99 Å². The summed E-state index contributed by atoms with van der Waals surface area (Å²) in [6.45, 7) is 9.29. The van der Waals surface area contributed by atoms with Crippen molar-refractivity contribution < 1.29 is 14.6 Å². The molecule has 4 aromatic rings. The number of ether oxygens (including phenoxy) is 1. The number of aromatic nitrogens is 2. The molecule has 2 aromatic heterocycles. The summed E-state index contributed by atoms with van der Waals surface area (Å²) in [5.74, 6) is 0.369. The molecule has 228 valence electrons. The van der Waals surface area contributed by atoms with Crippen molar-refractivity contribution in [1.82, 2.24) is 9.97 Å². The Bertz CT molecular complexity index is 1570. The highest BCUT2D eigenvalue weighted by Crippen LogP contribution is 2.48. The molecule has 0 radical (unpaired) electrons. The first kappa shape index (κ1) is 31.3. The fourth-order valence-corrected chi connectivity index (χ4v) is 6.96. The minimum absolute atomic E-state index is 0.0928. The molecule has 1 aliphatic rings. The summed E-state index contributed by atoms with van der Waals surface area (Å²) in [5.41, 5.74) is 5.64. The molecule has 1 N–H and O–H groups in total. The van der Waals surface area contributed by atoms with E-state index in [2.05, 4.69) is 93.4 Å². The van der Waals surface area contributed by atoms with Gasteiger partial charge in [-0.1, -0.05) is 95.1 Å². The number of thiazole rings is 1. The maximum atomic E-state index is 11.1. The minimum Gasteiger partial charge on any atom is -0.478 e. The van der Waals surface area contributed by atoms with Gasteiger partial charge in [0.05, 0.1) is 16.8 Å². The largest absolute Gasteiger partial charge is 0.478 e. The molecule has 2 atom stereocenters. The highest BCUT2D eigenvalue weighted by Gasteiger charge is 2.45. The number of nitrogens with zero attached hydrogens (tertiary/aromatic N) is 3. The fraction of sp³-hybridized carbons (Fsp3) is 0.351. The van der Waals surface area contributed by atoms with Gasteiger partial charge in [-0.2, -0.15) is 0 Å². The Balaban J connectivity index is 1.42. The van der Waals surface area contributed by atoms with Crippen LogP contribution in [0.1, 0.15) is 97.3 Å². The smallest absolute Gasteiger partial charge is 0.337 e. The van der Waals surface area contributed by atoms with E-state index >= 15 is 0 Å². The number of aromatic carboxylic acids is 1.